The standard InChI is InChI=1S/C19H27N3O3/c23-18(24)15-6-4-5-14(11-15)12-20-19(25)21-16-9-10-22(13-16)17-7-2-1-3-8-17/h4-6,11,16-17H,1-3,7-10,12-13H2,(H,23,24)(H2,20,21,25). The van der Waals surface area contributed by atoms with Crippen LogP contribution in [0, 0.1) is 0 Å². The van der Waals surface area contributed by atoms with Crippen molar-refractivity contribution in [1.82, 2.24) is 15.5 Å². The van der Waals surface area contributed by atoms with E-state index in [9.17, 15) is 9.59 Å². The van der Waals surface area contributed by atoms with Crippen LogP contribution in [0.25, 0.3) is 0 Å². The van der Waals surface area contributed by atoms with Crippen molar-refractivity contribution >= 4 is 12.0 Å². The normalized spacial score (nSPS) is 21.8. The first-order valence-corrected chi connectivity index (χ1v) is 9.22. The number of carbonyl (C=O) groups excluding carboxylic acids is 1. The molecule has 2 fully saturated rings. The molecule has 136 valence electrons. The average Bonchev–Trinajstić information content (AvgIpc) is 3.09. The van der Waals surface area contributed by atoms with E-state index in [4.69, 9.17) is 5.11 Å². The molecule has 1 heterocycles. The SMILES string of the molecule is O=C(NCc1cccc(C(=O)O)c1)NC1CCN(C2CCCCC2)C1. The van der Waals surface area contributed by atoms with Crippen molar-refractivity contribution in [1.29, 1.82) is 0 Å². The third kappa shape index (κ3) is 4.95. The van der Waals surface area contributed by atoms with E-state index < -0.39 is 5.97 Å². The van der Waals surface area contributed by atoms with E-state index >= 15 is 0 Å². The highest BCUT2D eigenvalue weighted by Crippen LogP contribution is 2.25. The van der Waals surface area contributed by atoms with Gasteiger partial charge in [-0.1, -0.05) is 31.4 Å². The largest absolute Gasteiger partial charge is 0.478 e. The lowest BCUT2D eigenvalue weighted by molar-refractivity contribution is 0.0696. The highest BCUT2D eigenvalue weighted by atomic mass is 16.4. The van der Waals surface area contributed by atoms with Crippen molar-refractivity contribution in [2.45, 2.75) is 57.2 Å². The molecule has 2 aliphatic rings. The molecule has 3 rings (SSSR count). The lowest BCUT2D eigenvalue weighted by Crippen LogP contribution is -2.44. The third-order valence-electron chi connectivity index (χ3n) is 5.27. The smallest absolute Gasteiger partial charge is 0.335 e. The summed E-state index contributed by atoms with van der Waals surface area (Å²) in [6.45, 7) is 2.33. The Hall–Kier alpha value is -2.08. The van der Waals surface area contributed by atoms with Crippen LogP contribution in [-0.2, 0) is 6.54 Å². The molecule has 6 heteroatoms. The zero-order valence-electron chi connectivity index (χ0n) is 14.5. The molecule has 1 aliphatic heterocycles. The number of carboxylic acids is 1. The second-order valence-corrected chi connectivity index (χ2v) is 7.10. The number of hydrogen-bond acceptors (Lipinski definition) is 3. The van der Waals surface area contributed by atoms with Crippen LogP contribution in [-0.4, -0.2) is 47.2 Å². The van der Waals surface area contributed by atoms with Crippen molar-refractivity contribution in [2.75, 3.05) is 13.1 Å². The van der Waals surface area contributed by atoms with E-state index in [0.29, 0.717) is 12.6 Å². The monoisotopic (exact) mass is 345 g/mol. The Morgan fingerprint density at radius 2 is 1.96 bits per heavy atom. The van der Waals surface area contributed by atoms with Crippen LogP contribution in [0.5, 0.6) is 0 Å². The second kappa shape index (κ2) is 8.34. The van der Waals surface area contributed by atoms with Gasteiger partial charge in [0.15, 0.2) is 0 Å². The quantitative estimate of drug-likeness (QED) is 0.766. The fraction of sp³-hybridized carbons (Fsp3) is 0.579. The molecule has 0 radical (unpaired) electrons. The first-order valence-electron chi connectivity index (χ1n) is 9.22. The molecule has 1 aromatic rings. The summed E-state index contributed by atoms with van der Waals surface area (Å²) >= 11 is 0. The van der Waals surface area contributed by atoms with Gasteiger partial charge in [-0.2, -0.15) is 0 Å². The molecule has 6 nitrogen and oxygen atoms in total. The molecule has 1 aliphatic carbocycles. The van der Waals surface area contributed by atoms with Gasteiger partial charge in [-0.15, -0.1) is 0 Å². The summed E-state index contributed by atoms with van der Waals surface area (Å²) in [6, 6.07) is 7.35. The van der Waals surface area contributed by atoms with E-state index in [1.54, 1.807) is 18.2 Å². The number of aromatic carboxylic acids is 1. The maximum absolute atomic E-state index is 12.1. The maximum atomic E-state index is 12.1. The van der Waals surface area contributed by atoms with Gasteiger partial charge in [-0.25, -0.2) is 9.59 Å². The number of nitrogens with one attached hydrogen (secondary N) is 2. The molecule has 1 unspecified atom stereocenters. The third-order valence-corrected chi connectivity index (χ3v) is 5.27. The fourth-order valence-electron chi connectivity index (χ4n) is 3.92. The zero-order valence-corrected chi connectivity index (χ0v) is 14.5. The molecule has 0 aromatic heterocycles. The maximum Gasteiger partial charge on any atom is 0.335 e. The Bertz CT molecular complexity index is 614. The molecule has 1 atom stereocenters. The average molecular weight is 345 g/mol. The molecule has 1 aromatic carbocycles. The number of likely N-dealkylation sites (tertiary alicyclic amines) is 1. The molecule has 3 N–H and O–H groups in total. The molecule has 0 bridgehead atoms. The van der Waals surface area contributed by atoms with E-state index in [2.05, 4.69) is 15.5 Å². The summed E-state index contributed by atoms with van der Waals surface area (Å²) in [5, 5.41) is 14.9. The predicted octanol–water partition coefficient (Wildman–Crippen LogP) is 2.59. The number of nitrogens with zero attached hydrogens (tertiary/aromatic N) is 1. The van der Waals surface area contributed by atoms with Crippen LogP contribution in [0.1, 0.15) is 54.4 Å². The van der Waals surface area contributed by atoms with Gasteiger partial charge < -0.3 is 15.7 Å². The Labute approximate surface area is 148 Å². The van der Waals surface area contributed by atoms with Crippen LogP contribution in [0.4, 0.5) is 4.79 Å². The zero-order chi connectivity index (χ0) is 17.6. The van der Waals surface area contributed by atoms with Crippen LogP contribution in [0.2, 0.25) is 0 Å². The van der Waals surface area contributed by atoms with Gasteiger partial charge in [0.05, 0.1) is 5.56 Å². The lowest BCUT2D eigenvalue weighted by atomic mass is 9.94. The van der Waals surface area contributed by atoms with Crippen molar-refractivity contribution < 1.29 is 14.7 Å². The molecule has 0 spiro atoms. The number of urea groups is 1. The first kappa shape index (κ1) is 17.7. The highest BCUT2D eigenvalue weighted by molar-refractivity contribution is 5.87. The fourth-order valence-corrected chi connectivity index (χ4v) is 3.92. The Balaban J connectivity index is 1.42. The van der Waals surface area contributed by atoms with Crippen molar-refractivity contribution in [2.24, 2.45) is 0 Å². The molecular formula is C19H27N3O3. The topological polar surface area (TPSA) is 81.7 Å². The predicted molar refractivity (Wildman–Crippen MR) is 95.6 cm³/mol. The van der Waals surface area contributed by atoms with E-state index in [0.717, 1.165) is 25.1 Å². The van der Waals surface area contributed by atoms with Crippen molar-refractivity contribution in [3.05, 3.63) is 35.4 Å². The van der Waals surface area contributed by atoms with Crippen LogP contribution < -0.4 is 10.6 Å². The van der Waals surface area contributed by atoms with Gasteiger partial charge in [0.2, 0.25) is 0 Å². The minimum Gasteiger partial charge on any atom is -0.478 e. The molecule has 2 amide bonds. The Morgan fingerprint density at radius 3 is 2.72 bits per heavy atom. The molecule has 1 saturated heterocycles. The first-order chi connectivity index (χ1) is 12.1. The number of benzene rings is 1. The van der Waals surface area contributed by atoms with Crippen LogP contribution in [0.15, 0.2) is 24.3 Å². The summed E-state index contributed by atoms with van der Waals surface area (Å²) in [7, 11) is 0. The Kier molecular flexibility index (Phi) is 5.91. The van der Waals surface area contributed by atoms with Gasteiger partial charge >= 0.3 is 12.0 Å². The number of rotatable bonds is 5. The van der Waals surface area contributed by atoms with Gasteiger partial charge in [0, 0.05) is 31.7 Å². The number of carboxylic acid groups (broad SMARTS) is 1. The van der Waals surface area contributed by atoms with Crippen LogP contribution >= 0.6 is 0 Å². The van der Waals surface area contributed by atoms with Gasteiger partial charge in [0.25, 0.3) is 0 Å². The second-order valence-electron chi connectivity index (χ2n) is 7.10. The summed E-state index contributed by atoms with van der Waals surface area (Å²) in [5.74, 6) is -0.958. The van der Waals surface area contributed by atoms with Gasteiger partial charge in [-0.05, 0) is 37.0 Å². The molecule has 1 saturated carbocycles. The van der Waals surface area contributed by atoms with Crippen molar-refractivity contribution in [3.63, 3.8) is 0 Å². The summed E-state index contributed by atoms with van der Waals surface area (Å²) < 4.78 is 0. The summed E-state index contributed by atoms with van der Waals surface area (Å²) in [5.41, 5.74) is 1.02. The Morgan fingerprint density at radius 1 is 1.16 bits per heavy atom. The van der Waals surface area contributed by atoms with E-state index in [1.807, 2.05) is 6.07 Å². The lowest BCUT2D eigenvalue weighted by Gasteiger charge is -2.31. The highest BCUT2D eigenvalue weighted by Gasteiger charge is 2.29. The van der Waals surface area contributed by atoms with Gasteiger partial charge in [-0.3, -0.25) is 4.90 Å². The van der Waals surface area contributed by atoms with E-state index in [-0.39, 0.29) is 17.6 Å². The number of hydrogen-bond donors (Lipinski definition) is 3. The minimum atomic E-state index is -0.958. The van der Waals surface area contributed by atoms with E-state index in [1.165, 1.54) is 32.1 Å². The molecule has 25 heavy (non-hydrogen) atoms. The summed E-state index contributed by atoms with van der Waals surface area (Å²) in [4.78, 5) is 25.6. The van der Waals surface area contributed by atoms with Gasteiger partial charge in [0.1, 0.15) is 0 Å². The number of carbonyl (C=O) groups is 2. The van der Waals surface area contributed by atoms with Crippen molar-refractivity contribution in [3.8, 4) is 0 Å². The summed E-state index contributed by atoms with van der Waals surface area (Å²) in [6.07, 6.45) is 7.60. The molecular weight excluding hydrogens is 318 g/mol. The minimum absolute atomic E-state index is 0.184. The van der Waals surface area contributed by atoms with Crippen LogP contribution in [0.3, 0.4) is 0 Å². The number of amides is 2.